The van der Waals surface area contributed by atoms with Crippen LogP contribution in [0.3, 0.4) is 0 Å². The molecule has 0 aliphatic rings. The first-order valence-electron chi connectivity index (χ1n) is 19.8. The van der Waals surface area contributed by atoms with Gasteiger partial charge in [0, 0.05) is 58.6 Å². The van der Waals surface area contributed by atoms with Crippen molar-refractivity contribution in [2.75, 3.05) is 0 Å². The lowest BCUT2D eigenvalue weighted by atomic mass is 9.88. The monoisotopic (exact) mass is 776 g/mol. The van der Waals surface area contributed by atoms with E-state index >= 15 is 0 Å². The molecule has 0 saturated carbocycles. The highest BCUT2D eigenvalue weighted by Crippen LogP contribution is 2.29. The summed E-state index contributed by atoms with van der Waals surface area (Å²) in [6, 6.07) is 32.9. The van der Waals surface area contributed by atoms with Crippen molar-refractivity contribution in [2.24, 2.45) is 0 Å². The number of aromatic amines is 2. The highest BCUT2D eigenvalue weighted by molar-refractivity contribution is 5.97. The van der Waals surface area contributed by atoms with E-state index in [-0.39, 0.29) is 47.9 Å². The van der Waals surface area contributed by atoms with Crippen molar-refractivity contribution in [3.63, 3.8) is 0 Å². The van der Waals surface area contributed by atoms with Crippen LogP contribution < -0.4 is 21.8 Å². The number of hydrogen-bond donors (Lipinski definition) is 4. The smallest absolute Gasteiger partial charge is 0.253 e. The molecular formula is C50H56N4O4. The van der Waals surface area contributed by atoms with Gasteiger partial charge in [0.1, 0.15) is 0 Å². The van der Waals surface area contributed by atoms with Gasteiger partial charge in [-0.05, 0) is 123 Å². The van der Waals surface area contributed by atoms with E-state index in [1.807, 2.05) is 104 Å². The largest absolute Gasteiger partial charge is 0.348 e. The Hall–Kier alpha value is -6.28. The van der Waals surface area contributed by atoms with Gasteiger partial charge in [-0.1, -0.05) is 98.8 Å². The van der Waals surface area contributed by atoms with E-state index < -0.39 is 0 Å². The van der Waals surface area contributed by atoms with Crippen molar-refractivity contribution in [3.05, 3.63) is 207 Å². The summed E-state index contributed by atoms with van der Waals surface area (Å²) in [6.07, 6.45) is 0. The summed E-state index contributed by atoms with van der Waals surface area (Å²) >= 11 is 0. The van der Waals surface area contributed by atoms with Crippen LogP contribution in [0.5, 0.6) is 0 Å². The zero-order valence-electron chi connectivity index (χ0n) is 35.4. The summed E-state index contributed by atoms with van der Waals surface area (Å²) in [5.74, 6) is 0.190. The molecule has 8 heteroatoms. The molecule has 0 aliphatic carbocycles. The highest BCUT2D eigenvalue weighted by Gasteiger charge is 2.19. The molecule has 2 atom stereocenters. The van der Waals surface area contributed by atoms with Gasteiger partial charge in [0.15, 0.2) is 0 Å². The molecule has 2 heterocycles. The predicted octanol–water partition coefficient (Wildman–Crippen LogP) is 9.38. The molecular weight excluding hydrogens is 721 g/mol. The lowest BCUT2D eigenvalue weighted by Gasteiger charge is -2.17. The van der Waals surface area contributed by atoms with Crippen LogP contribution >= 0.6 is 0 Å². The Balaban J connectivity index is 0.000000221. The van der Waals surface area contributed by atoms with Gasteiger partial charge in [-0.2, -0.15) is 0 Å². The minimum absolute atomic E-state index is 0.150. The average Bonchev–Trinajstić information content (AvgIpc) is 3.16. The Morgan fingerprint density at radius 1 is 0.466 bits per heavy atom. The number of carbonyl (C=O) groups excluding carboxylic acids is 2. The molecule has 6 aromatic rings. The van der Waals surface area contributed by atoms with E-state index in [4.69, 9.17) is 0 Å². The quantitative estimate of drug-likeness (QED) is 0.111. The Morgan fingerprint density at radius 3 is 1.07 bits per heavy atom. The minimum atomic E-state index is -0.154. The Morgan fingerprint density at radius 2 is 0.776 bits per heavy atom. The van der Waals surface area contributed by atoms with Crippen LogP contribution in [-0.2, 0) is 13.1 Å². The van der Waals surface area contributed by atoms with Gasteiger partial charge in [0.05, 0.1) is 0 Å². The maximum absolute atomic E-state index is 12.9. The third kappa shape index (κ3) is 10.2. The fourth-order valence-corrected chi connectivity index (χ4v) is 7.80. The van der Waals surface area contributed by atoms with Crippen LogP contribution in [0.15, 0.2) is 107 Å². The number of nitrogens with one attached hydrogen (secondary N) is 4. The number of amides is 2. The second-order valence-electron chi connectivity index (χ2n) is 15.6. The minimum Gasteiger partial charge on any atom is -0.348 e. The molecule has 6 rings (SSSR count). The third-order valence-electron chi connectivity index (χ3n) is 11.0. The van der Waals surface area contributed by atoms with E-state index in [9.17, 15) is 19.2 Å². The molecule has 300 valence electrons. The van der Waals surface area contributed by atoms with Crippen LogP contribution in [-0.4, -0.2) is 21.8 Å². The lowest BCUT2D eigenvalue weighted by molar-refractivity contribution is 0.0941. The number of hydrogen-bond acceptors (Lipinski definition) is 4. The first-order valence-corrected chi connectivity index (χ1v) is 19.8. The Bertz CT molecular complexity index is 2330. The molecule has 4 N–H and O–H groups in total. The van der Waals surface area contributed by atoms with E-state index in [1.165, 1.54) is 22.3 Å². The molecule has 0 aliphatic heterocycles. The van der Waals surface area contributed by atoms with Crippen LogP contribution in [0.1, 0.15) is 125 Å². The topological polar surface area (TPSA) is 124 Å². The standard InChI is InChI=1S/2C25H28N2O2/c2*1-15-11-18(4)27-24(28)22(15)14-26-25(29)23-16(2)12-21(13-17(23)3)19(5)20-9-7-6-8-10-20/h2*6-13,19H,14H2,1-5H3,(H,26,29)(H,27,28)/t2*19-/m10/s1. The molecule has 0 unspecified atom stereocenters. The molecule has 4 aromatic carbocycles. The molecule has 2 amide bonds. The molecule has 0 bridgehead atoms. The average molecular weight is 777 g/mol. The van der Waals surface area contributed by atoms with E-state index in [0.29, 0.717) is 22.3 Å². The van der Waals surface area contributed by atoms with E-state index in [0.717, 1.165) is 44.8 Å². The number of pyridine rings is 2. The summed E-state index contributed by atoms with van der Waals surface area (Å²) in [6.45, 7) is 20.1. The molecule has 0 fully saturated rings. The normalized spacial score (nSPS) is 11.9. The zero-order chi connectivity index (χ0) is 42.3. The van der Waals surface area contributed by atoms with Gasteiger partial charge in [0.2, 0.25) is 0 Å². The summed E-state index contributed by atoms with van der Waals surface area (Å²) in [4.78, 5) is 55.7. The van der Waals surface area contributed by atoms with Crippen LogP contribution in [0.2, 0.25) is 0 Å². The molecule has 0 saturated heterocycles. The van der Waals surface area contributed by atoms with Crippen molar-refractivity contribution in [2.45, 2.75) is 94.2 Å². The predicted molar refractivity (Wildman–Crippen MR) is 235 cm³/mol. The lowest BCUT2D eigenvalue weighted by Crippen LogP contribution is -2.29. The number of rotatable bonds is 10. The van der Waals surface area contributed by atoms with Gasteiger partial charge in [-0.15, -0.1) is 0 Å². The molecule has 0 spiro atoms. The van der Waals surface area contributed by atoms with Gasteiger partial charge < -0.3 is 20.6 Å². The second kappa shape index (κ2) is 18.8. The van der Waals surface area contributed by atoms with Crippen molar-refractivity contribution < 1.29 is 9.59 Å². The van der Waals surface area contributed by atoms with Crippen molar-refractivity contribution in [1.29, 1.82) is 0 Å². The Labute approximate surface area is 342 Å². The van der Waals surface area contributed by atoms with E-state index in [2.05, 4.69) is 83.0 Å². The molecule has 8 nitrogen and oxygen atoms in total. The second-order valence-corrected chi connectivity index (χ2v) is 15.6. The number of carbonyl (C=O) groups is 2. The van der Waals surface area contributed by atoms with Crippen molar-refractivity contribution >= 4 is 11.8 Å². The summed E-state index contributed by atoms with van der Waals surface area (Å²) in [7, 11) is 0. The van der Waals surface area contributed by atoms with Gasteiger partial charge in [-0.25, -0.2) is 0 Å². The SMILES string of the molecule is Cc1cc(C)c(CNC(=O)c2c(C)cc([C@@H](C)c3ccccc3)cc2C)c(=O)[nH]1.Cc1cc(C)c(CNC(=O)c2c(C)cc([C@H](C)c3ccccc3)cc2C)c(=O)[nH]1. The highest BCUT2D eigenvalue weighted by atomic mass is 16.2. The first kappa shape index (κ1) is 42.9. The van der Waals surface area contributed by atoms with Gasteiger partial charge in [-0.3, -0.25) is 19.2 Å². The van der Waals surface area contributed by atoms with Crippen LogP contribution in [0.4, 0.5) is 0 Å². The summed E-state index contributed by atoms with van der Waals surface area (Å²) in [5, 5.41) is 5.84. The number of aryl methyl sites for hydroxylation is 8. The fourth-order valence-electron chi connectivity index (χ4n) is 7.80. The summed E-state index contributed by atoms with van der Waals surface area (Å²) < 4.78 is 0. The molecule has 58 heavy (non-hydrogen) atoms. The van der Waals surface area contributed by atoms with Crippen molar-refractivity contribution in [1.82, 2.24) is 20.6 Å². The molecule has 0 radical (unpaired) electrons. The summed E-state index contributed by atoms with van der Waals surface area (Å²) in [5.41, 5.74) is 14.3. The molecule has 2 aromatic heterocycles. The number of H-pyrrole nitrogens is 2. The van der Waals surface area contributed by atoms with Crippen LogP contribution in [0, 0.1) is 55.4 Å². The fraction of sp³-hybridized carbons (Fsp3) is 0.280. The first-order chi connectivity index (χ1) is 27.5. The van der Waals surface area contributed by atoms with Gasteiger partial charge >= 0.3 is 0 Å². The maximum Gasteiger partial charge on any atom is 0.253 e. The maximum atomic E-state index is 12.9. The van der Waals surface area contributed by atoms with Crippen LogP contribution in [0.25, 0.3) is 0 Å². The van der Waals surface area contributed by atoms with Gasteiger partial charge in [0.25, 0.3) is 22.9 Å². The number of benzene rings is 4. The Kier molecular flexibility index (Phi) is 13.9. The number of aromatic nitrogens is 2. The van der Waals surface area contributed by atoms with Crippen molar-refractivity contribution in [3.8, 4) is 0 Å². The third-order valence-corrected chi connectivity index (χ3v) is 11.0. The van der Waals surface area contributed by atoms with E-state index in [1.54, 1.807) is 0 Å². The zero-order valence-corrected chi connectivity index (χ0v) is 35.4.